The highest BCUT2D eigenvalue weighted by Gasteiger charge is 2.15. The zero-order chi connectivity index (χ0) is 12.8. The van der Waals surface area contributed by atoms with Gasteiger partial charge in [0.2, 0.25) is 0 Å². The lowest BCUT2D eigenvalue weighted by molar-refractivity contribution is 0.171. The van der Waals surface area contributed by atoms with Gasteiger partial charge >= 0.3 is 0 Å². The van der Waals surface area contributed by atoms with Crippen molar-refractivity contribution in [3.63, 3.8) is 0 Å². The number of allylic oxidation sites excluding steroid dienone is 1. The van der Waals surface area contributed by atoms with Crippen molar-refractivity contribution in [2.45, 2.75) is 25.8 Å². The highest BCUT2D eigenvalue weighted by atomic mass is 16.6. The largest absolute Gasteiger partial charge is 0.486 e. The number of hydrogen-bond acceptors (Lipinski definition) is 3. The zero-order valence-corrected chi connectivity index (χ0v) is 10.9. The highest BCUT2D eigenvalue weighted by molar-refractivity contribution is 5.44. The molecule has 1 aliphatic heterocycles. The molecule has 3 heteroatoms. The van der Waals surface area contributed by atoms with E-state index in [0.717, 1.165) is 30.9 Å². The quantitative estimate of drug-likeness (QED) is 0.784. The number of fused-ring (bicyclic) bond motifs is 1. The van der Waals surface area contributed by atoms with E-state index in [4.69, 9.17) is 9.47 Å². The number of rotatable bonds is 6. The average Bonchev–Trinajstić information content (AvgIpc) is 2.43. The van der Waals surface area contributed by atoms with Gasteiger partial charge in [-0.1, -0.05) is 19.1 Å². The smallest absolute Gasteiger partial charge is 0.161 e. The monoisotopic (exact) mass is 247 g/mol. The van der Waals surface area contributed by atoms with E-state index in [1.165, 1.54) is 5.56 Å². The average molecular weight is 247 g/mol. The molecule has 3 nitrogen and oxygen atoms in total. The molecule has 2 rings (SSSR count). The van der Waals surface area contributed by atoms with Crippen molar-refractivity contribution in [3.8, 4) is 11.5 Å². The van der Waals surface area contributed by atoms with Crippen molar-refractivity contribution in [1.29, 1.82) is 0 Å². The Balaban J connectivity index is 2.15. The summed E-state index contributed by atoms with van der Waals surface area (Å²) < 4.78 is 11.2. The number of benzene rings is 1. The van der Waals surface area contributed by atoms with E-state index in [1.54, 1.807) is 0 Å². The molecule has 1 aliphatic rings. The molecule has 18 heavy (non-hydrogen) atoms. The SMILES string of the molecule is C=CCCC(NCC)c1ccc2c(c1)OCCO2. The van der Waals surface area contributed by atoms with Gasteiger partial charge in [-0.2, -0.15) is 0 Å². The molecule has 98 valence electrons. The van der Waals surface area contributed by atoms with Gasteiger partial charge in [0.15, 0.2) is 11.5 Å². The minimum Gasteiger partial charge on any atom is -0.486 e. The van der Waals surface area contributed by atoms with Crippen LogP contribution in [-0.4, -0.2) is 19.8 Å². The first-order valence-electron chi connectivity index (χ1n) is 6.59. The van der Waals surface area contributed by atoms with Crippen LogP contribution in [0.4, 0.5) is 0 Å². The topological polar surface area (TPSA) is 30.5 Å². The lowest BCUT2D eigenvalue weighted by atomic mass is 10.0. The van der Waals surface area contributed by atoms with Crippen LogP contribution in [0.25, 0.3) is 0 Å². The van der Waals surface area contributed by atoms with Gasteiger partial charge < -0.3 is 14.8 Å². The Morgan fingerprint density at radius 3 is 2.83 bits per heavy atom. The standard InChI is InChI=1S/C15H21NO2/c1-3-5-6-13(16-4-2)12-7-8-14-15(11-12)18-10-9-17-14/h3,7-8,11,13,16H,1,4-6,9-10H2,2H3. The molecule has 0 aromatic heterocycles. The highest BCUT2D eigenvalue weighted by Crippen LogP contribution is 2.33. The van der Waals surface area contributed by atoms with Crippen LogP contribution in [0.15, 0.2) is 30.9 Å². The first-order valence-corrected chi connectivity index (χ1v) is 6.59. The van der Waals surface area contributed by atoms with Crippen molar-refractivity contribution in [2.75, 3.05) is 19.8 Å². The maximum Gasteiger partial charge on any atom is 0.161 e. The lowest BCUT2D eigenvalue weighted by Crippen LogP contribution is -2.21. The van der Waals surface area contributed by atoms with Crippen LogP contribution < -0.4 is 14.8 Å². The van der Waals surface area contributed by atoms with E-state index in [9.17, 15) is 0 Å². The molecule has 0 aliphatic carbocycles. The van der Waals surface area contributed by atoms with E-state index >= 15 is 0 Å². The Hall–Kier alpha value is -1.48. The van der Waals surface area contributed by atoms with E-state index in [2.05, 4.69) is 31.0 Å². The summed E-state index contributed by atoms with van der Waals surface area (Å²) in [4.78, 5) is 0. The van der Waals surface area contributed by atoms with Crippen LogP contribution >= 0.6 is 0 Å². The van der Waals surface area contributed by atoms with Crippen molar-refractivity contribution in [3.05, 3.63) is 36.4 Å². The molecule has 1 heterocycles. The molecule has 1 aromatic rings. The fourth-order valence-corrected chi connectivity index (χ4v) is 2.19. The second-order valence-corrected chi connectivity index (χ2v) is 4.38. The third-order valence-electron chi connectivity index (χ3n) is 3.08. The molecule has 1 atom stereocenters. The molecule has 0 bridgehead atoms. The van der Waals surface area contributed by atoms with Gasteiger partial charge in [0.05, 0.1) is 0 Å². The molecular formula is C15H21NO2. The Bertz CT molecular complexity index is 403. The summed E-state index contributed by atoms with van der Waals surface area (Å²) >= 11 is 0. The fraction of sp³-hybridized carbons (Fsp3) is 0.467. The van der Waals surface area contributed by atoms with Crippen molar-refractivity contribution in [1.82, 2.24) is 5.32 Å². The first kappa shape index (κ1) is 13.0. The molecule has 0 spiro atoms. The normalized spacial score (nSPS) is 15.2. The summed E-state index contributed by atoms with van der Waals surface area (Å²) in [5.41, 5.74) is 1.25. The van der Waals surface area contributed by atoms with E-state index < -0.39 is 0 Å². The molecule has 0 saturated carbocycles. The van der Waals surface area contributed by atoms with Gasteiger partial charge in [0, 0.05) is 6.04 Å². The number of hydrogen-bond donors (Lipinski definition) is 1. The summed E-state index contributed by atoms with van der Waals surface area (Å²) in [6.45, 7) is 8.14. The summed E-state index contributed by atoms with van der Waals surface area (Å²) in [7, 11) is 0. The van der Waals surface area contributed by atoms with Gasteiger partial charge in [0.25, 0.3) is 0 Å². The molecule has 0 fully saturated rings. The minimum atomic E-state index is 0.351. The Morgan fingerprint density at radius 2 is 2.11 bits per heavy atom. The van der Waals surface area contributed by atoms with Crippen LogP contribution in [0.3, 0.4) is 0 Å². The zero-order valence-electron chi connectivity index (χ0n) is 10.9. The van der Waals surface area contributed by atoms with Crippen LogP contribution in [0, 0.1) is 0 Å². The predicted octanol–water partition coefficient (Wildman–Crippen LogP) is 3.07. The number of ether oxygens (including phenoxy) is 2. The third kappa shape index (κ3) is 3.05. The molecule has 1 aromatic carbocycles. The molecular weight excluding hydrogens is 226 g/mol. The lowest BCUT2D eigenvalue weighted by Gasteiger charge is -2.22. The van der Waals surface area contributed by atoms with Crippen LogP contribution in [0.5, 0.6) is 11.5 Å². The summed E-state index contributed by atoms with van der Waals surface area (Å²) in [6, 6.07) is 6.56. The molecule has 1 N–H and O–H groups in total. The molecule has 0 amide bonds. The van der Waals surface area contributed by atoms with E-state index in [1.807, 2.05) is 12.1 Å². The Kier molecular flexibility index (Phi) is 4.65. The molecule has 0 saturated heterocycles. The maximum atomic E-state index is 5.62. The Labute approximate surface area is 109 Å². The first-order chi connectivity index (χ1) is 8.85. The predicted molar refractivity (Wildman–Crippen MR) is 73.3 cm³/mol. The fourth-order valence-electron chi connectivity index (χ4n) is 2.19. The van der Waals surface area contributed by atoms with Crippen molar-refractivity contribution < 1.29 is 9.47 Å². The van der Waals surface area contributed by atoms with Gasteiger partial charge in [-0.05, 0) is 37.1 Å². The molecule has 0 radical (unpaired) electrons. The maximum absolute atomic E-state index is 5.62. The number of nitrogens with one attached hydrogen (secondary N) is 1. The second kappa shape index (κ2) is 6.45. The van der Waals surface area contributed by atoms with E-state index in [0.29, 0.717) is 19.3 Å². The van der Waals surface area contributed by atoms with Crippen LogP contribution in [0.1, 0.15) is 31.4 Å². The second-order valence-electron chi connectivity index (χ2n) is 4.38. The van der Waals surface area contributed by atoms with Crippen molar-refractivity contribution in [2.24, 2.45) is 0 Å². The van der Waals surface area contributed by atoms with Gasteiger partial charge in [0.1, 0.15) is 13.2 Å². The van der Waals surface area contributed by atoms with Crippen molar-refractivity contribution >= 4 is 0 Å². The van der Waals surface area contributed by atoms with Gasteiger partial charge in [-0.25, -0.2) is 0 Å². The van der Waals surface area contributed by atoms with E-state index in [-0.39, 0.29) is 0 Å². The van der Waals surface area contributed by atoms with Gasteiger partial charge in [-0.15, -0.1) is 6.58 Å². The summed E-state index contributed by atoms with van der Waals surface area (Å²) in [5, 5.41) is 3.50. The molecule has 1 unspecified atom stereocenters. The van der Waals surface area contributed by atoms with Crippen LogP contribution in [0.2, 0.25) is 0 Å². The third-order valence-corrected chi connectivity index (χ3v) is 3.08. The summed E-state index contributed by atoms with van der Waals surface area (Å²) in [5.74, 6) is 1.71. The summed E-state index contributed by atoms with van der Waals surface area (Å²) in [6.07, 6.45) is 4.02. The minimum absolute atomic E-state index is 0.351. The Morgan fingerprint density at radius 1 is 1.33 bits per heavy atom. The van der Waals surface area contributed by atoms with Crippen LogP contribution in [-0.2, 0) is 0 Å². The van der Waals surface area contributed by atoms with Gasteiger partial charge in [-0.3, -0.25) is 0 Å².